The number of aliphatic hydroxyl groups excluding tert-OH is 1. The molecule has 1 radical (unpaired) electrons. The first-order valence-electron chi connectivity index (χ1n) is 8.38. The summed E-state index contributed by atoms with van der Waals surface area (Å²) in [4.78, 5) is 0. The zero-order valence-electron chi connectivity index (χ0n) is 15.9. The van der Waals surface area contributed by atoms with Crippen LogP contribution in [0.4, 0.5) is 0 Å². The third-order valence-electron chi connectivity index (χ3n) is 3.33. The van der Waals surface area contributed by atoms with E-state index in [0.29, 0.717) is 0 Å². The molecule has 0 aromatic rings. The van der Waals surface area contributed by atoms with Gasteiger partial charge in [-0.25, -0.2) is 0 Å². The Hall–Kier alpha value is 0.223. The van der Waals surface area contributed by atoms with Gasteiger partial charge in [0.25, 0.3) is 5.95 Å². The van der Waals surface area contributed by atoms with E-state index in [0.717, 1.165) is 5.57 Å². The van der Waals surface area contributed by atoms with Gasteiger partial charge >= 0.3 is 26.2 Å². The quantitative estimate of drug-likeness (QED) is 0.387. The molecule has 3 heteroatoms. The number of aliphatic hydroxyl groups is 1. The van der Waals surface area contributed by atoms with Gasteiger partial charge in [0.1, 0.15) is 5.60 Å². The van der Waals surface area contributed by atoms with E-state index in [-0.39, 0.29) is 45.2 Å². The Balaban J connectivity index is -0.000000254. The normalized spacial score (nSPS) is 15.9. The van der Waals surface area contributed by atoms with Crippen LogP contribution in [-0.2, 0) is 30.9 Å². The smallest absolute Gasteiger partial charge is 0.481 e. The van der Waals surface area contributed by atoms with E-state index in [2.05, 4.69) is 0 Å². The number of allylic oxidation sites excluding steroid dienone is 1. The monoisotopic (exact) mass is 389 g/mol. The molecule has 0 atom stereocenters. The van der Waals surface area contributed by atoms with Crippen LogP contribution in [0, 0.1) is 7.43 Å². The van der Waals surface area contributed by atoms with E-state index in [1.165, 1.54) is 64.2 Å². The third kappa shape index (κ3) is 20.2. The van der Waals surface area contributed by atoms with Crippen LogP contribution >= 0.6 is 0 Å². The van der Waals surface area contributed by atoms with E-state index in [9.17, 15) is 0 Å². The molecule has 0 heterocycles. The van der Waals surface area contributed by atoms with Crippen molar-refractivity contribution in [1.29, 1.82) is 0 Å². The molecule has 2 aliphatic rings. The largest absolute Gasteiger partial charge is 3.00 e. The Kier molecular flexibility index (Phi) is 19.8. The van der Waals surface area contributed by atoms with Crippen molar-refractivity contribution < 1.29 is 36.0 Å². The fourth-order valence-corrected chi connectivity index (χ4v) is 2.16. The molecule has 2 fully saturated rings. The van der Waals surface area contributed by atoms with E-state index < -0.39 is 0 Å². The van der Waals surface area contributed by atoms with E-state index >= 15 is 0 Å². The van der Waals surface area contributed by atoms with Gasteiger partial charge in [0.15, 0.2) is 0 Å². The Morgan fingerprint density at radius 1 is 0.727 bits per heavy atom. The van der Waals surface area contributed by atoms with E-state index in [4.69, 9.17) is 9.84 Å². The minimum atomic E-state index is -0.304. The van der Waals surface area contributed by atoms with Crippen molar-refractivity contribution >= 4 is 0 Å². The zero-order valence-corrected chi connectivity index (χ0v) is 18.4. The molecule has 0 aromatic carbocycles. The minimum absolute atomic E-state index is 0. The van der Waals surface area contributed by atoms with Crippen LogP contribution in [0.5, 0.6) is 0 Å². The minimum Gasteiger partial charge on any atom is -0.481 e. The van der Waals surface area contributed by atoms with Gasteiger partial charge in [0, 0.05) is 5.57 Å². The molecule has 0 spiro atoms. The number of hydrogen-bond acceptors (Lipinski definition) is 2. The van der Waals surface area contributed by atoms with Crippen molar-refractivity contribution in [3.05, 3.63) is 18.9 Å². The first kappa shape index (κ1) is 27.1. The van der Waals surface area contributed by atoms with Crippen LogP contribution in [0.3, 0.4) is 0 Å². The second-order valence-electron chi connectivity index (χ2n) is 7.06. The molecule has 0 amide bonds. The van der Waals surface area contributed by atoms with E-state index in [1.54, 1.807) is 13.8 Å². The maximum Gasteiger partial charge on any atom is 3.00 e. The molecule has 22 heavy (non-hydrogen) atoms. The average molecular weight is 391 g/mol. The molecule has 2 rings (SSSR count). The number of hydrogen-bond donors (Lipinski definition) is 1. The van der Waals surface area contributed by atoms with Gasteiger partial charge in [0.05, 0.1) is 0 Å². The second kappa shape index (κ2) is 16.1. The molecule has 129 valence electrons. The van der Waals surface area contributed by atoms with Gasteiger partial charge in [-0.2, -0.15) is 0 Å². The van der Waals surface area contributed by atoms with Crippen molar-refractivity contribution in [2.75, 3.05) is 0 Å². The molecule has 2 nitrogen and oxygen atoms in total. The maximum absolute atomic E-state index is 9.12. The summed E-state index contributed by atoms with van der Waals surface area (Å²) in [5.74, 6) is 0.0347. The molecule has 2 aliphatic carbocycles. The molecule has 2 saturated carbocycles. The molecule has 0 saturated heterocycles. The Morgan fingerprint density at radius 2 is 0.955 bits per heavy atom. The topological polar surface area (TPSA) is 29.5 Å². The molecule has 0 unspecified atom stereocenters. The summed E-state index contributed by atoms with van der Waals surface area (Å²) < 4.78 is 5.13. The average Bonchev–Trinajstić information content (AvgIpc) is 3.06. The van der Waals surface area contributed by atoms with Crippen LogP contribution < -0.4 is 0 Å². The van der Waals surface area contributed by atoms with Crippen molar-refractivity contribution in [2.45, 2.75) is 104 Å². The predicted octanol–water partition coefficient (Wildman–Crippen LogP) is 6.96. The second-order valence-corrected chi connectivity index (χ2v) is 7.06. The SMILES string of the molecule is C1CCCC1.C1CCCC1.CC(C)=C(O)OC(C)(C)C.[CH3-].[Zr+3]. The fraction of sp³-hybridized carbons (Fsp3) is 0.842. The summed E-state index contributed by atoms with van der Waals surface area (Å²) in [7, 11) is 0. The maximum atomic E-state index is 9.12. The summed E-state index contributed by atoms with van der Waals surface area (Å²) in [6.45, 7) is 9.30. The fourth-order valence-electron chi connectivity index (χ4n) is 2.16. The van der Waals surface area contributed by atoms with Crippen molar-refractivity contribution in [1.82, 2.24) is 0 Å². The van der Waals surface area contributed by atoms with Crippen molar-refractivity contribution in [3.8, 4) is 0 Å². The first-order chi connectivity index (χ1) is 9.33. The van der Waals surface area contributed by atoms with Gasteiger partial charge in [-0.05, 0) is 34.6 Å². The third-order valence-corrected chi connectivity index (χ3v) is 3.33. The summed E-state index contributed by atoms with van der Waals surface area (Å²) in [6, 6.07) is 0. The van der Waals surface area contributed by atoms with E-state index in [1.807, 2.05) is 20.8 Å². The Morgan fingerprint density at radius 3 is 1.05 bits per heavy atom. The molecule has 0 aromatic heterocycles. The summed E-state index contributed by atoms with van der Waals surface area (Å²) in [5, 5.41) is 9.12. The van der Waals surface area contributed by atoms with Gasteiger partial charge in [-0.1, -0.05) is 64.2 Å². The zero-order chi connectivity index (χ0) is 15.4. The molecular weight excluding hydrogens is 351 g/mol. The Labute approximate surface area is 159 Å². The first-order valence-corrected chi connectivity index (χ1v) is 8.38. The summed E-state index contributed by atoms with van der Waals surface area (Å²) in [5.41, 5.74) is 0.497. The molecule has 0 aliphatic heterocycles. The molecule has 0 bridgehead atoms. The van der Waals surface area contributed by atoms with Crippen LogP contribution in [0.2, 0.25) is 0 Å². The van der Waals surface area contributed by atoms with Crippen LogP contribution in [0.25, 0.3) is 0 Å². The van der Waals surface area contributed by atoms with Gasteiger partial charge in [0.2, 0.25) is 0 Å². The summed E-state index contributed by atoms with van der Waals surface area (Å²) >= 11 is 0. The van der Waals surface area contributed by atoms with Gasteiger partial charge < -0.3 is 17.3 Å². The molecule has 1 N–H and O–H groups in total. The van der Waals surface area contributed by atoms with Crippen molar-refractivity contribution in [2.24, 2.45) is 0 Å². The van der Waals surface area contributed by atoms with Crippen molar-refractivity contribution in [3.63, 3.8) is 0 Å². The molecular formula is C19H39O2Zr+2. The predicted molar refractivity (Wildman–Crippen MR) is 94.4 cm³/mol. The number of ether oxygens (including phenoxy) is 1. The van der Waals surface area contributed by atoms with Crippen LogP contribution in [0.1, 0.15) is 98.8 Å². The van der Waals surface area contributed by atoms with Crippen LogP contribution in [-0.4, -0.2) is 10.7 Å². The standard InChI is InChI=1S/C8H16O2.2C5H10.CH3.Zr/c1-6(2)7(9)10-8(3,4)5;2*1-2-4-5-3-1;;/h9H,1-5H3;2*1-5H2;1H3;/q;;;-1;+3. The van der Waals surface area contributed by atoms with Crippen LogP contribution in [0.15, 0.2) is 11.5 Å². The van der Waals surface area contributed by atoms with Gasteiger partial charge in [-0.15, -0.1) is 0 Å². The summed E-state index contributed by atoms with van der Waals surface area (Å²) in [6.07, 6.45) is 15.0. The number of rotatable bonds is 1. The Bertz CT molecular complexity index is 230. The van der Waals surface area contributed by atoms with Gasteiger partial charge in [-0.3, -0.25) is 0 Å².